The maximum atomic E-state index is 13.3. The van der Waals surface area contributed by atoms with Crippen LogP contribution in [0.25, 0.3) is 0 Å². The third-order valence-corrected chi connectivity index (χ3v) is 5.81. The van der Waals surface area contributed by atoms with Crippen LogP contribution in [0.15, 0.2) is 29.3 Å². The van der Waals surface area contributed by atoms with Crippen LogP contribution in [-0.2, 0) is 0 Å². The standard InChI is InChI=1S/C22H37FN4O/c1-4-24-21(26-17-22(14-15-28)12-6-5-7-13-22)25-16-20(27(2)3)18-8-10-19(23)11-9-18/h8-11,20,28H,4-7,12-17H2,1-3H3,(H2,24,25,26). The highest BCUT2D eigenvalue weighted by Gasteiger charge is 2.31. The number of halogens is 1. The smallest absolute Gasteiger partial charge is 0.191 e. The van der Waals surface area contributed by atoms with Crippen LogP contribution in [0.2, 0.25) is 0 Å². The van der Waals surface area contributed by atoms with Gasteiger partial charge in [0.25, 0.3) is 0 Å². The second-order valence-electron chi connectivity index (χ2n) is 8.14. The zero-order chi connectivity index (χ0) is 20.4. The molecule has 1 saturated carbocycles. The van der Waals surface area contributed by atoms with Gasteiger partial charge in [-0.3, -0.25) is 4.99 Å². The van der Waals surface area contributed by atoms with Gasteiger partial charge in [0.05, 0.1) is 6.04 Å². The number of aliphatic hydroxyl groups excluding tert-OH is 1. The van der Waals surface area contributed by atoms with Crippen LogP contribution in [0.5, 0.6) is 0 Å². The Morgan fingerprint density at radius 3 is 2.43 bits per heavy atom. The number of rotatable bonds is 9. The Morgan fingerprint density at radius 2 is 1.86 bits per heavy atom. The van der Waals surface area contributed by atoms with Gasteiger partial charge in [-0.15, -0.1) is 0 Å². The lowest BCUT2D eigenvalue weighted by Gasteiger charge is -2.36. The largest absolute Gasteiger partial charge is 0.396 e. The highest BCUT2D eigenvalue weighted by Crippen LogP contribution is 2.39. The van der Waals surface area contributed by atoms with Crippen molar-refractivity contribution in [2.45, 2.75) is 51.5 Å². The second-order valence-corrected chi connectivity index (χ2v) is 8.14. The quantitative estimate of drug-likeness (QED) is 0.446. The molecule has 0 aliphatic heterocycles. The molecule has 1 aliphatic carbocycles. The molecule has 1 unspecified atom stereocenters. The van der Waals surface area contributed by atoms with Crippen LogP contribution >= 0.6 is 0 Å². The van der Waals surface area contributed by atoms with Gasteiger partial charge in [0.15, 0.2) is 5.96 Å². The Morgan fingerprint density at radius 1 is 1.18 bits per heavy atom. The molecule has 1 fully saturated rings. The molecule has 28 heavy (non-hydrogen) atoms. The van der Waals surface area contributed by atoms with Crippen molar-refractivity contribution in [3.63, 3.8) is 0 Å². The first kappa shape index (κ1) is 22.6. The molecule has 6 heteroatoms. The Hall–Kier alpha value is -1.66. The summed E-state index contributed by atoms with van der Waals surface area (Å²) in [6.07, 6.45) is 6.86. The van der Waals surface area contributed by atoms with E-state index in [0.29, 0.717) is 6.54 Å². The fourth-order valence-electron chi connectivity index (χ4n) is 4.09. The molecule has 5 nitrogen and oxygen atoms in total. The van der Waals surface area contributed by atoms with E-state index < -0.39 is 0 Å². The second kappa shape index (κ2) is 11.4. The van der Waals surface area contributed by atoms with Gasteiger partial charge in [-0.25, -0.2) is 4.39 Å². The number of likely N-dealkylation sites (N-methyl/N-ethyl adjacent to an activating group) is 1. The molecule has 0 saturated heterocycles. The van der Waals surface area contributed by atoms with E-state index in [0.717, 1.165) is 43.9 Å². The highest BCUT2D eigenvalue weighted by atomic mass is 19.1. The minimum atomic E-state index is -0.217. The number of hydrogen-bond donors (Lipinski definition) is 3. The van der Waals surface area contributed by atoms with E-state index in [1.54, 1.807) is 0 Å². The average molecular weight is 393 g/mol. The monoisotopic (exact) mass is 392 g/mol. The van der Waals surface area contributed by atoms with Gasteiger partial charge in [-0.05, 0) is 63.4 Å². The minimum Gasteiger partial charge on any atom is -0.396 e. The summed E-state index contributed by atoms with van der Waals surface area (Å²) in [7, 11) is 4.05. The first-order chi connectivity index (χ1) is 13.5. The molecule has 0 spiro atoms. The molecule has 158 valence electrons. The van der Waals surface area contributed by atoms with Crippen molar-refractivity contribution in [3.05, 3.63) is 35.6 Å². The number of aliphatic imine (C=N–C) groups is 1. The predicted molar refractivity (Wildman–Crippen MR) is 114 cm³/mol. The molecule has 1 aromatic carbocycles. The number of aliphatic hydroxyl groups is 1. The summed E-state index contributed by atoms with van der Waals surface area (Å²) >= 11 is 0. The summed E-state index contributed by atoms with van der Waals surface area (Å²) in [5.41, 5.74) is 1.20. The molecular weight excluding hydrogens is 355 g/mol. The average Bonchev–Trinajstić information content (AvgIpc) is 2.68. The number of benzene rings is 1. The van der Waals surface area contributed by atoms with E-state index in [1.807, 2.05) is 26.2 Å². The van der Waals surface area contributed by atoms with Gasteiger partial charge in [-0.2, -0.15) is 0 Å². The number of guanidine groups is 1. The van der Waals surface area contributed by atoms with Crippen LogP contribution in [0.3, 0.4) is 0 Å². The fourth-order valence-corrected chi connectivity index (χ4v) is 4.09. The molecular formula is C22H37FN4O. The van der Waals surface area contributed by atoms with Crippen molar-refractivity contribution < 1.29 is 9.50 Å². The summed E-state index contributed by atoms with van der Waals surface area (Å²) in [4.78, 5) is 7.00. The molecule has 1 aromatic rings. The van der Waals surface area contributed by atoms with Crippen molar-refractivity contribution in [1.29, 1.82) is 0 Å². The summed E-state index contributed by atoms with van der Waals surface area (Å²) in [5, 5.41) is 16.3. The van der Waals surface area contributed by atoms with Crippen LogP contribution in [0, 0.1) is 11.2 Å². The van der Waals surface area contributed by atoms with Gasteiger partial charge in [-0.1, -0.05) is 31.4 Å². The summed E-state index contributed by atoms with van der Waals surface area (Å²) < 4.78 is 13.3. The first-order valence-corrected chi connectivity index (χ1v) is 10.5. The Labute approximate surface area is 169 Å². The molecule has 1 aliphatic rings. The van der Waals surface area contributed by atoms with Crippen molar-refractivity contribution in [2.24, 2.45) is 10.4 Å². The van der Waals surface area contributed by atoms with Gasteiger partial charge in [0.2, 0.25) is 0 Å². The summed E-state index contributed by atoms with van der Waals surface area (Å²) in [5.74, 6) is 0.588. The van der Waals surface area contributed by atoms with Crippen LogP contribution in [0.1, 0.15) is 57.1 Å². The first-order valence-electron chi connectivity index (χ1n) is 10.5. The normalized spacial score (nSPS) is 18.1. The van der Waals surface area contributed by atoms with Crippen molar-refractivity contribution in [3.8, 4) is 0 Å². The van der Waals surface area contributed by atoms with E-state index in [2.05, 4.69) is 22.5 Å². The lowest BCUT2D eigenvalue weighted by Crippen LogP contribution is -2.42. The lowest BCUT2D eigenvalue weighted by molar-refractivity contribution is 0.137. The van der Waals surface area contributed by atoms with Crippen molar-refractivity contribution in [1.82, 2.24) is 15.5 Å². The SMILES string of the molecule is CCNC(=NCC1(CCO)CCCCC1)NCC(c1ccc(F)cc1)N(C)C. The van der Waals surface area contributed by atoms with Gasteiger partial charge in [0.1, 0.15) is 5.82 Å². The van der Waals surface area contributed by atoms with E-state index in [-0.39, 0.29) is 23.9 Å². The van der Waals surface area contributed by atoms with Crippen LogP contribution in [0.4, 0.5) is 4.39 Å². The topological polar surface area (TPSA) is 59.9 Å². The molecule has 2 rings (SSSR count). The summed E-state index contributed by atoms with van der Waals surface area (Å²) in [6, 6.07) is 6.80. The maximum Gasteiger partial charge on any atom is 0.191 e. The number of nitrogens with one attached hydrogen (secondary N) is 2. The number of hydrogen-bond acceptors (Lipinski definition) is 3. The van der Waals surface area contributed by atoms with E-state index in [4.69, 9.17) is 4.99 Å². The molecule has 0 heterocycles. The maximum absolute atomic E-state index is 13.3. The molecule has 3 N–H and O–H groups in total. The molecule has 1 atom stereocenters. The van der Waals surface area contributed by atoms with Gasteiger partial charge >= 0.3 is 0 Å². The molecule has 0 amide bonds. The fraction of sp³-hybridized carbons (Fsp3) is 0.682. The highest BCUT2D eigenvalue weighted by molar-refractivity contribution is 5.79. The van der Waals surface area contributed by atoms with Crippen LogP contribution in [-0.4, -0.2) is 56.3 Å². The Balaban J connectivity index is 2.05. The third-order valence-electron chi connectivity index (χ3n) is 5.81. The number of nitrogens with zero attached hydrogens (tertiary/aromatic N) is 2. The lowest BCUT2D eigenvalue weighted by atomic mass is 9.72. The van der Waals surface area contributed by atoms with Crippen molar-refractivity contribution >= 4 is 5.96 Å². The van der Waals surface area contributed by atoms with Gasteiger partial charge in [0, 0.05) is 26.2 Å². The van der Waals surface area contributed by atoms with E-state index in [9.17, 15) is 9.50 Å². The predicted octanol–water partition coefficient (Wildman–Crippen LogP) is 3.32. The zero-order valence-electron chi connectivity index (χ0n) is 17.7. The zero-order valence-corrected chi connectivity index (χ0v) is 17.7. The minimum absolute atomic E-state index is 0.116. The molecule has 0 radical (unpaired) electrons. The molecule has 0 aromatic heterocycles. The third kappa shape index (κ3) is 6.74. The van der Waals surface area contributed by atoms with Crippen molar-refractivity contribution in [2.75, 3.05) is 40.3 Å². The van der Waals surface area contributed by atoms with E-state index >= 15 is 0 Å². The summed E-state index contributed by atoms with van der Waals surface area (Å²) in [6.45, 7) is 4.50. The van der Waals surface area contributed by atoms with Crippen LogP contribution < -0.4 is 10.6 Å². The van der Waals surface area contributed by atoms with E-state index in [1.165, 1.54) is 31.4 Å². The molecule has 0 bridgehead atoms. The Bertz CT molecular complexity index is 592. The van der Waals surface area contributed by atoms with Gasteiger partial charge < -0.3 is 20.6 Å². The Kier molecular flexibility index (Phi) is 9.19.